The first-order chi connectivity index (χ1) is 15.0. The molecule has 0 saturated heterocycles. The summed E-state index contributed by atoms with van der Waals surface area (Å²) in [5, 5.41) is 24.4. The van der Waals surface area contributed by atoms with Gasteiger partial charge >= 0.3 is 11.9 Å². The Morgan fingerprint density at radius 2 is 1.56 bits per heavy atom. The van der Waals surface area contributed by atoms with Crippen molar-refractivity contribution in [3.05, 3.63) is 0 Å². The summed E-state index contributed by atoms with van der Waals surface area (Å²) in [6, 6.07) is -3.58. The second-order valence-corrected chi connectivity index (χ2v) is 7.65. The topological polar surface area (TPSA) is 252 Å². The number of nitrogens with one attached hydrogen (secondary N) is 3. The van der Waals surface area contributed by atoms with E-state index in [1.54, 1.807) is 0 Å². The Balaban J connectivity index is 5.33. The SMILES string of the molecule is CSCCC(N)C(=O)NC(CCCN=C(N)N)C(=O)NC(CC(=O)O)C(=O)NCC(=O)O. The van der Waals surface area contributed by atoms with E-state index in [1.807, 2.05) is 11.6 Å². The second-order valence-electron chi connectivity index (χ2n) is 6.67. The molecule has 0 aliphatic heterocycles. The lowest BCUT2D eigenvalue weighted by atomic mass is 10.1. The van der Waals surface area contributed by atoms with Gasteiger partial charge < -0.3 is 43.4 Å². The van der Waals surface area contributed by atoms with Crippen molar-refractivity contribution in [2.75, 3.05) is 25.1 Å². The molecule has 0 spiro atoms. The van der Waals surface area contributed by atoms with Crippen molar-refractivity contribution in [1.29, 1.82) is 0 Å². The van der Waals surface area contributed by atoms with Gasteiger partial charge in [-0.15, -0.1) is 0 Å². The van der Waals surface area contributed by atoms with Gasteiger partial charge in [0.1, 0.15) is 18.6 Å². The first-order valence-electron chi connectivity index (χ1n) is 9.59. The van der Waals surface area contributed by atoms with E-state index < -0.39 is 60.8 Å². The fraction of sp³-hybridized carbons (Fsp3) is 0.647. The highest BCUT2D eigenvalue weighted by atomic mass is 32.2. The van der Waals surface area contributed by atoms with Crippen LogP contribution >= 0.6 is 11.8 Å². The van der Waals surface area contributed by atoms with E-state index in [0.29, 0.717) is 12.2 Å². The van der Waals surface area contributed by atoms with Crippen LogP contribution < -0.4 is 33.2 Å². The van der Waals surface area contributed by atoms with Gasteiger partial charge in [-0.1, -0.05) is 0 Å². The average molecular weight is 478 g/mol. The van der Waals surface area contributed by atoms with Crippen molar-refractivity contribution in [3.8, 4) is 0 Å². The van der Waals surface area contributed by atoms with Crippen molar-refractivity contribution in [3.63, 3.8) is 0 Å². The predicted molar refractivity (Wildman–Crippen MR) is 118 cm³/mol. The normalized spacial score (nSPS) is 13.2. The number of carbonyl (C=O) groups is 5. The Morgan fingerprint density at radius 3 is 2.09 bits per heavy atom. The average Bonchev–Trinajstić information content (AvgIpc) is 2.70. The van der Waals surface area contributed by atoms with Gasteiger partial charge in [-0.05, 0) is 31.3 Å². The highest BCUT2D eigenvalue weighted by molar-refractivity contribution is 7.98. The zero-order chi connectivity index (χ0) is 24.7. The Labute approximate surface area is 189 Å². The number of hydrogen-bond donors (Lipinski definition) is 8. The fourth-order valence-electron chi connectivity index (χ4n) is 2.37. The third kappa shape index (κ3) is 13.3. The van der Waals surface area contributed by atoms with E-state index in [2.05, 4.69) is 15.6 Å². The van der Waals surface area contributed by atoms with Gasteiger partial charge in [-0.2, -0.15) is 11.8 Å². The van der Waals surface area contributed by atoms with Crippen LogP contribution in [0, 0.1) is 0 Å². The number of carboxylic acids is 2. The zero-order valence-corrected chi connectivity index (χ0v) is 18.5. The lowest BCUT2D eigenvalue weighted by Gasteiger charge is -2.23. The molecule has 0 bridgehead atoms. The quantitative estimate of drug-likeness (QED) is 0.0622. The number of aliphatic carboxylic acids is 2. The van der Waals surface area contributed by atoms with E-state index >= 15 is 0 Å². The molecule has 14 nitrogen and oxygen atoms in total. The van der Waals surface area contributed by atoms with Gasteiger partial charge in [-0.3, -0.25) is 29.0 Å². The van der Waals surface area contributed by atoms with Crippen LogP contribution in [0.2, 0.25) is 0 Å². The number of guanidine groups is 1. The van der Waals surface area contributed by atoms with Crippen LogP contribution in [0.1, 0.15) is 25.7 Å². The molecular formula is C17H31N7O7S. The van der Waals surface area contributed by atoms with Gasteiger partial charge in [-0.25, -0.2) is 0 Å². The number of rotatable bonds is 16. The smallest absolute Gasteiger partial charge is 0.322 e. The molecule has 3 atom stereocenters. The van der Waals surface area contributed by atoms with E-state index in [1.165, 1.54) is 11.8 Å². The third-order valence-corrected chi connectivity index (χ3v) is 4.62. The fourth-order valence-corrected chi connectivity index (χ4v) is 2.86. The van der Waals surface area contributed by atoms with Gasteiger partial charge in [0.2, 0.25) is 17.7 Å². The largest absolute Gasteiger partial charge is 0.481 e. The van der Waals surface area contributed by atoms with Crippen LogP contribution in [0.5, 0.6) is 0 Å². The molecule has 0 radical (unpaired) electrons. The van der Waals surface area contributed by atoms with E-state index in [0.717, 1.165) is 0 Å². The minimum absolute atomic E-state index is 0.0696. The van der Waals surface area contributed by atoms with E-state index in [9.17, 15) is 24.0 Å². The van der Waals surface area contributed by atoms with Crippen LogP contribution in [-0.4, -0.2) is 89.1 Å². The predicted octanol–water partition coefficient (Wildman–Crippen LogP) is -3.23. The van der Waals surface area contributed by atoms with Crippen LogP contribution in [0.15, 0.2) is 4.99 Å². The monoisotopic (exact) mass is 477 g/mol. The summed E-state index contributed by atoms with van der Waals surface area (Å²) in [6.07, 6.45) is 1.78. The lowest BCUT2D eigenvalue weighted by Crippen LogP contribution is -2.56. The summed E-state index contributed by atoms with van der Waals surface area (Å²) in [7, 11) is 0. The van der Waals surface area contributed by atoms with Gasteiger partial charge in [0, 0.05) is 6.54 Å². The van der Waals surface area contributed by atoms with Crippen molar-refractivity contribution >= 4 is 47.4 Å². The molecule has 3 unspecified atom stereocenters. The van der Waals surface area contributed by atoms with Crippen LogP contribution in [0.4, 0.5) is 0 Å². The summed E-state index contributed by atoms with van der Waals surface area (Å²) in [5.74, 6) is -4.68. The summed E-state index contributed by atoms with van der Waals surface area (Å²) < 4.78 is 0. The highest BCUT2D eigenvalue weighted by Gasteiger charge is 2.29. The standard InChI is InChI=1S/C17H31N7O7S/c1-32-6-4-9(18)14(29)23-10(3-2-5-21-17(19)20)16(31)24-11(7-12(25)26)15(30)22-8-13(27)28/h9-11H,2-8,18H2,1H3,(H,22,30)(H,23,29)(H,24,31)(H,25,26)(H,27,28)(H4,19,20,21). The molecule has 182 valence electrons. The maximum absolute atomic E-state index is 12.7. The Kier molecular flexibility index (Phi) is 14.2. The first-order valence-corrected chi connectivity index (χ1v) is 11.0. The molecule has 0 heterocycles. The van der Waals surface area contributed by atoms with E-state index in [4.69, 9.17) is 27.4 Å². The second kappa shape index (κ2) is 15.7. The maximum atomic E-state index is 12.7. The summed E-state index contributed by atoms with van der Waals surface area (Å²) in [4.78, 5) is 62.7. The number of hydrogen-bond acceptors (Lipinski definition) is 8. The molecule has 0 aliphatic carbocycles. The number of nitrogens with two attached hydrogens (primary N) is 3. The van der Waals surface area contributed by atoms with Gasteiger partial charge in [0.05, 0.1) is 12.5 Å². The number of thioether (sulfide) groups is 1. The minimum atomic E-state index is -1.55. The molecular weight excluding hydrogens is 446 g/mol. The minimum Gasteiger partial charge on any atom is -0.481 e. The maximum Gasteiger partial charge on any atom is 0.322 e. The molecule has 0 aromatic carbocycles. The molecule has 15 heteroatoms. The van der Waals surface area contributed by atoms with Crippen molar-refractivity contribution in [2.45, 2.75) is 43.8 Å². The molecule has 11 N–H and O–H groups in total. The number of carboxylic acid groups (broad SMARTS) is 2. The first kappa shape index (κ1) is 28.9. The van der Waals surface area contributed by atoms with Crippen LogP contribution in [0.3, 0.4) is 0 Å². The molecule has 3 amide bonds. The number of nitrogens with zero attached hydrogens (tertiary/aromatic N) is 1. The molecule has 0 aromatic heterocycles. The Hall–Kier alpha value is -3.07. The van der Waals surface area contributed by atoms with E-state index in [-0.39, 0.29) is 25.3 Å². The third-order valence-electron chi connectivity index (χ3n) is 3.97. The highest BCUT2D eigenvalue weighted by Crippen LogP contribution is 2.04. The van der Waals surface area contributed by atoms with Crippen molar-refractivity contribution in [2.24, 2.45) is 22.2 Å². The van der Waals surface area contributed by atoms with Crippen molar-refractivity contribution < 1.29 is 34.2 Å². The molecule has 0 aromatic rings. The lowest BCUT2D eigenvalue weighted by molar-refractivity contribution is -0.141. The molecule has 0 saturated carbocycles. The number of amides is 3. The summed E-state index contributed by atoms with van der Waals surface area (Å²) >= 11 is 1.50. The van der Waals surface area contributed by atoms with Crippen LogP contribution in [-0.2, 0) is 24.0 Å². The summed E-state index contributed by atoms with van der Waals surface area (Å²) in [5.41, 5.74) is 16.3. The Bertz CT molecular complexity index is 701. The number of aliphatic imine (C=N–C) groups is 1. The Morgan fingerprint density at radius 1 is 0.938 bits per heavy atom. The summed E-state index contributed by atoms with van der Waals surface area (Å²) in [6.45, 7) is -0.591. The number of carbonyl (C=O) groups excluding carboxylic acids is 3. The van der Waals surface area contributed by atoms with Gasteiger partial charge in [0.25, 0.3) is 0 Å². The zero-order valence-electron chi connectivity index (χ0n) is 17.7. The van der Waals surface area contributed by atoms with Gasteiger partial charge in [0.15, 0.2) is 5.96 Å². The van der Waals surface area contributed by atoms with Crippen LogP contribution in [0.25, 0.3) is 0 Å². The molecule has 0 fully saturated rings. The van der Waals surface area contributed by atoms with Crippen molar-refractivity contribution in [1.82, 2.24) is 16.0 Å². The molecule has 32 heavy (non-hydrogen) atoms. The molecule has 0 rings (SSSR count). The molecule has 0 aliphatic rings.